The topological polar surface area (TPSA) is 39.2 Å². The molecule has 92 valence electrons. The monoisotopic (exact) mass is 245 g/mol. The van der Waals surface area contributed by atoms with E-state index in [4.69, 9.17) is 4.74 Å². The van der Waals surface area contributed by atoms with Crippen LogP contribution in [0.4, 0.5) is 4.39 Å². The second-order valence-electron chi connectivity index (χ2n) is 3.66. The standard InChI is InChI=1S/C14H12FNO2/c1-2-18-14(17)11-6-7-13(16-9-11)10-4-3-5-12(15)8-10/h3-9H,2H2,1H3. The maximum absolute atomic E-state index is 13.1. The van der Waals surface area contributed by atoms with E-state index in [-0.39, 0.29) is 5.82 Å². The van der Waals surface area contributed by atoms with Gasteiger partial charge in [-0.2, -0.15) is 0 Å². The number of carbonyl (C=O) groups is 1. The minimum Gasteiger partial charge on any atom is -0.462 e. The van der Waals surface area contributed by atoms with Gasteiger partial charge in [-0.3, -0.25) is 4.98 Å². The van der Waals surface area contributed by atoms with Crippen molar-refractivity contribution in [2.75, 3.05) is 6.61 Å². The summed E-state index contributed by atoms with van der Waals surface area (Å²) in [5.74, 6) is -0.723. The van der Waals surface area contributed by atoms with Crippen molar-refractivity contribution < 1.29 is 13.9 Å². The van der Waals surface area contributed by atoms with Gasteiger partial charge >= 0.3 is 5.97 Å². The van der Waals surface area contributed by atoms with Gasteiger partial charge in [0.25, 0.3) is 0 Å². The zero-order valence-corrected chi connectivity index (χ0v) is 9.89. The third-order valence-corrected chi connectivity index (χ3v) is 2.39. The molecule has 1 aromatic heterocycles. The summed E-state index contributed by atoms with van der Waals surface area (Å²) >= 11 is 0. The quantitative estimate of drug-likeness (QED) is 0.780. The van der Waals surface area contributed by atoms with E-state index in [1.165, 1.54) is 18.3 Å². The second-order valence-corrected chi connectivity index (χ2v) is 3.66. The van der Waals surface area contributed by atoms with Crippen molar-refractivity contribution in [2.45, 2.75) is 6.92 Å². The Balaban J connectivity index is 2.25. The predicted octanol–water partition coefficient (Wildman–Crippen LogP) is 3.06. The summed E-state index contributed by atoms with van der Waals surface area (Å²) < 4.78 is 17.9. The maximum atomic E-state index is 13.1. The maximum Gasteiger partial charge on any atom is 0.339 e. The van der Waals surface area contributed by atoms with Gasteiger partial charge in [-0.1, -0.05) is 12.1 Å². The van der Waals surface area contributed by atoms with E-state index >= 15 is 0 Å². The zero-order valence-electron chi connectivity index (χ0n) is 9.89. The minimum absolute atomic E-state index is 0.316. The number of aromatic nitrogens is 1. The number of benzene rings is 1. The molecule has 4 heteroatoms. The highest BCUT2D eigenvalue weighted by molar-refractivity contribution is 5.89. The number of hydrogen-bond donors (Lipinski definition) is 0. The van der Waals surface area contributed by atoms with Crippen molar-refractivity contribution >= 4 is 5.97 Å². The number of pyridine rings is 1. The normalized spacial score (nSPS) is 10.1. The molecule has 0 saturated heterocycles. The lowest BCUT2D eigenvalue weighted by Gasteiger charge is -2.03. The molecule has 0 aliphatic heterocycles. The van der Waals surface area contributed by atoms with Gasteiger partial charge in [-0.15, -0.1) is 0 Å². The van der Waals surface area contributed by atoms with Crippen LogP contribution in [-0.4, -0.2) is 17.6 Å². The SMILES string of the molecule is CCOC(=O)c1ccc(-c2cccc(F)c2)nc1. The molecule has 0 unspecified atom stereocenters. The number of carbonyl (C=O) groups excluding carboxylic acids is 1. The summed E-state index contributed by atoms with van der Waals surface area (Å²) in [6.07, 6.45) is 1.43. The van der Waals surface area contributed by atoms with Crippen LogP contribution in [0.1, 0.15) is 17.3 Å². The first-order valence-electron chi connectivity index (χ1n) is 5.60. The van der Waals surface area contributed by atoms with Crippen LogP contribution in [0, 0.1) is 5.82 Å². The van der Waals surface area contributed by atoms with Crippen LogP contribution >= 0.6 is 0 Å². The molecule has 2 rings (SSSR count). The number of nitrogens with zero attached hydrogens (tertiary/aromatic N) is 1. The second kappa shape index (κ2) is 5.40. The number of esters is 1. The molecule has 2 aromatic rings. The van der Waals surface area contributed by atoms with Crippen molar-refractivity contribution in [1.82, 2.24) is 4.98 Å². The van der Waals surface area contributed by atoms with Crippen LogP contribution < -0.4 is 0 Å². The van der Waals surface area contributed by atoms with Gasteiger partial charge in [0.15, 0.2) is 0 Å². The van der Waals surface area contributed by atoms with E-state index in [9.17, 15) is 9.18 Å². The molecule has 0 N–H and O–H groups in total. The Bertz CT molecular complexity index is 552. The third kappa shape index (κ3) is 2.71. The molecule has 1 aromatic carbocycles. The Morgan fingerprint density at radius 2 is 2.17 bits per heavy atom. The first-order chi connectivity index (χ1) is 8.70. The van der Waals surface area contributed by atoms with Crippen molar-refractivity contribution in [2.24, 2.45) is 0 Å². The van der Waals surface area contributed by atoms with Crippen LogP contribution in [0.5, 0.6) is 0 Å². The molecular weight excluding hydrogens is 233 g/mol. The molecular formula is C14H12FNO2. The van der Waals surface area contributed by atoms with E-state index in [1.807, 2.05) is 0 Å². The van der Waals surface area contributed by atoms with E-state index in [0.29, 0.717) is 23.4 Å². The summed E-state index contributed by atoms with van der Waals surface area (Å²) in [7, 11) is 0. The minimum atomic E-state index is -0.407. The van der Waals surface area contributed by atoms with Crippen molar-refractivity contribution in [3.63, 3.8) is 0 Å². The lowest BCUT2D eigenvalue weighted by Crippen LogP contribution is -2.04. The number of rotatable bonds is 3. The average molecular weight is 245 g/mol. The molecule has 0 aliphatic rings. The molecule has 0 aliphatic carbocycles. The Morgan fingerprint density at radius 3 is 2.78 bits per heavy atom. The highest BCUT2D eigenvalue weighted by Crippen LogP contribution is 2.18. The van der Waals surface area contributed by atoms with Crippen LogP contribution in [-0.2, 0) is 4.74 Å². The predicted molar refractivity (Wildman–Crippen MR) is 65.6 cm³/mol. The van der Waals surface area contributed by atoms with Gasteiger partial charge in [0.1, 0.15) is 5.82 Å². The summed E-state index contributed by atoms with van der Waals surface area (Å²) in [6.45, 7) is 2.07. The summed E-state index contributed by atoms with van der Waals surface area (Å²) in [4.78, 5) is 15.6. The van der Waals surface area contributed by atoms with Gasteiger partial charge in [0.2, 0.25) is 0 Å². The van der Waals surface area contributed by atoms with Crippen molar-refractivity contribution in [1.29, 1.82) is 0 Å². The molecule has 0 fully saturated rings. The smallest absolute Gasteiger partial charge is 0.339 e. The molecule has 3 nitrogen and oxygen atoms in total. The number of ether oxygens (including phenoxy) is 1. The molecule has 0 spiro atoms. The van der Waals surface area contributed by atoms with Gasteiger partial charge in [0.05, 0.1) is 17.9 Å². The highest BCUT2D eigenvalue weighted by atomic mass is 19.1. The lowest BCUT2D eigenvalue weighted by molar-refractivity contribution is 0.0526. The summed E-state index contributed by atoms with van der Waals surface area (Å²) in [6, 6.07) is 9.43. The van der Waals surface area contributed by atoms with Gasteiger partial charge in [-0.05, 0) is 31.2 Å². The molecule has 18 heavy (non-hydrogen) atoms. The van der Waals surface area contributed by atoms with Crippen LogP contribution in [0.2, 0.25) is 0 Å². The average Bonchev–Trinajstić information content (AvgIpc) is 2.39. The Labute approximate surface area is 104 Å². The molecule has 0 amide bonds. The van der Waals surface area contributed by atoms with Crippen LogP contribution in [0.3, 0.4) is 0 Å². The molecule has 0 bridgehead atoms. The van der Waals surface area contributed by atoms with Gasteiger partial charge < -0.3 is 4.74 Å². The Kier molecular flexibility index (Phi) is 3.67. The molecule has 1 heterocycles. The van der Waals surface area contributed by atoms with E-state index in [0.717, 1.165) is 0 Å². The van der Waals surface area contributed by atoms with Crippen LogP contribution in [0.15, 0.2) is 42.6 Å². The fraction of sp³-hybridized carbons (Fsp3) is 0.143. The van der Waals surface area contributed by atoms with Gasteiger partial charge in [0, 0.05) is 11.8 Å². The first-order valence-corrected chi connectivity index (χ1v) is 5.60. The van der Waals surface area contributed by atoms with Crippen molar-refractivity contribution in [3.8, 4) is 11.3 Å². The Morgan fingerprint density at radius 1 is 1.33 bits per heavy atom. The van der Waals surface area contributed by atoms with E-state index in [2.05, 4.69) is 4.98 Å². The first kappa shape index (κ1) is 12.2. The molecule has 0 radical (unpaired) electrons. The van der Waals surface area contributed by atoms with Crippen LogP contribution in [0.25, 0.3) is 11.3 Å². The zero-order chi connectivity index (χ0) is 13.0. The molecule has 0 saturated carbocycles. The highest BCUT2D eigenvalue weighted by Gasteiger charge is 2.07. The van der Waals surface area contributed by atoms with Gasteiger partial charge in [-0.25, -0.2) is 9.18 Å². The Hall–Kier alpha value is -2.23. The summed E-state index contributed by atoms with van der Waals surface area (Å²) in [5.41, 5.74) is 1.67. The van der Waals surface area contributed by atoms with Crippen molar-refractivity contribution in [3.05, 3.63) is 54.0 Å². The summed E-state index contributed by atoms with van der Waals surface area (Å²) in [5, 5.41) is 0. The third-order valence-electron chi connectivity index (χ3n) is 2.39. The van der Waals surface area contributed by atoms with E-state index < -0.39 is 5.97 Å². The number of hydrogen-bond acceptors (Lipinski definition) is 3. The fourth-order valence-corrected chi connectivity index (χ4v) is 1.55. The lowest BCUT2D eigenvalue weighted by atomic mass is 10.1. The number of halogens is 1. The largest absolute Gasteiger partial charge is 0.462 e. The fourth-order valence-electron chi connectivity index (χ4n) is 1.55. The van der Waals surface area contributed by atoms with E-state index in [1.54, 1.807) is 31.2 Å². The molecule has 0 atom stereocenters.